The Hall–Kier alpha value is -2.60. The number of hydrogen-bond acceptors (Lipinski definition) is 6. The summed E-state index contributed by atoms with van der Waals surface area (Å²) in [5, 5.41) is 28.8. The summed E-state index contributed by atoms with van der Waals surface area (Å²) >= 11 is 0. The van der Waals surface area contributed by atoms with Gasteiger partial charge in [-0.05, 0) is 29.9 Å². The van der Waals surface area contributed by atoms with Crippen LogP contribution in [0.1, 0.15) is 43.1 Å². The van der Waals surface area contributed by atoms with Gasteiger partial charge in [-0.2, -0.15) is 0 Å². The lowest BCUT2D eigenvalue weighted by atomic mass is 9.79. The minimum atomic E-state index is -0.557. The highest BCUT2D eigenvalue weighted by atomic mass is 16.3. The first-order valence-corrected chi connectivity index (χ1v) is 8.20. The monoisotopic (exact) mass is 344 g/mol. The summed E-state index contributed by atoms with van der Waals surface area (Å²) in [4.78, 5) is 23.8. The summed E-state index contributed by atoms with van der Waals surface area (Å²) in [6, 6.07) is 2.57. The second kappa shape index (κ2) is 6.37. The number of benzene rings is 1. The third-order valence-corrected chi connectivity index (χ3v) is 4.98. The van der Waals surface area contributed by atoms with Crippen molar-refractivity contribution in [2.24, 2.45) is 5.92 Å². The van der Waals surface area contributed by atoms with E-state index in [1.54, 1.807) is 0 Å². The highest BCUT2D eigenvalue weighted by Crippen LogP contribution is 2.42. The number of carbonyl (C=O) groups excluding carboxylic acids is 1. The smallest absolute Gasteiger partial charge is 0.223 e. The molecule has 3 aliphatic rings. The summed E-state index contributed by atoms with van der Waals surface area (Å²) in [6.07, 6.45) is 1.83. The van der Waals surface area contributed by atoms with E-state index >= 15 is 0 Å². The molecule has 132 valence electrons. The van der Waals surface area contributed by atoms with Crippen LogP contribution in [0.3, 0.4) is 0 Å². The van der Waals surface area contributed by atoms with Crippen LogP contribution >= 0.6 is 0 Å². The molecule has 3 rings (SSSR count). The summed E-state index contributed by atoms with van der Waals surface area (Å²) in [6.45, 7) is 4.00. The molecule has 0 aromatic carbocycles. The van der Waals surface area contributed by atoms with Crippen molar-refractivity contribution >= 4 is 11.9 Å². The van der Waals surface area contributed by atoms with Crippen LogP contribution in [0.25, 0.3) is 17.4 Å². The molecule has 0 saturated heterocycles. The van der Waals surface area contributed by atoms with E-state index in [4.69, 9.17) is 4.42 Å². The Labute approximate surface area is 144 Å². The Morgan fingerprint density at radius 2 is 1.92 bits per heavy atom. The van der Waals surface area contributed by atoms with E-state index in [9.17, 15) is 24.9 Å². The Balaban J connectivity index is 2.32. The molecule has 6 nitrogen and oxygen atoms in total. The zero-order valence-corrected chi connectivity index (χ0v) is 14.1. The van der Waals surface area contributed by atoms with E-state index in [0.717, 1.165) is 5.56 Å². The zero-order chi connectivity index (χ0) is 18.3. The van der Waals surface area contributed by atoms with E-state index < -0.39 is 11.2 Å². The van der Waals surface area contributed by atoms with Gasteiger partial charge in [-0.15, -0.1) is 0 Å². The fourth-order valence-corrected chi connectivity index (χ4v) is 3.33. The molecule has 1 aliphatic heterocycles. The van der Waals surface area contributed by atoms with Gasteiger partial charge < -0.3 is 19.7 Å². The van der Waals surface area contributed by atoms with Crippen LogP contribution in [-0.2, 0) is 11.2 Å². The molecule has 0 saturated carbocycles. The van der Waals surface area contributed by atoms with Crippen LogP contribution in [-0.4, -0.2) is 27.7 Å². The van der Waals surface area contributed by atoms with Gasteiger partial charge in [0.15, 0.2) is 11.5 Å². The number of aliphatic hydroxyl groups is 2. The second-order valence-electron chi connectivity index (χ2n) is 6.58. The van der Waals surface area contributed by atoms with E-state index in [0.29, 0.717) is 23.3 Å². The van der Waals surface area contributed by atoms with Gasteiger partial charge in [-0.25, -0.2) is 0 Å². The number of allylic oxidation sites excluding steroid dienone is 1. The minimum absolute atomic E-state index is 0.0114. The molecule has 0 amide bonds. The number of fused-ring (bicyclic) bond motifs is 2. The maximum atomic E-state index is 12.0. The van der Waals surface area contributed by atoms with Crippen LogP contribution in [0.4, 0.5) is 0 Å². The van der Waals surface area contributed by atoms with Gasteiger partial charge in [0, 0.05) is 36.3 Å². The Morgan fingerprint density at radius 3 is 2.60 bits per heavy atom. The number of phenols is 1. The maximum Gasteiger partial charge on any atom is 0.223 e. The number of aromatic hydroxyl groups is 1. The van der Waals surface area contributed by atoms with Crippen molar-refractivity contribution in [2.45, 2.75) is 32.6 Å². The quantitative estimate of drug-likeness (QED) is 0.787. The molecule has 2 aliphatic carbocycles. The summed E-state index contributed by atoms with van der Waals surface area (Å²) in [7, 11) is 0. The van der Waals surface area contributed by atoms with Crippen molar-refractivity contribution in [1.29, 1.82) is 0 Å². The SMILES string of the molecule is CC(CCO)C(C)c1c2cc(O)c(=O)cc-2oc2c1CC(=O)C(O)=C2. The van der Waals surface area contributed by atoms with Gasteiger partial charge in [-0.3, -0.25) is 9.59 Å². The molecule has 0 radical (unpaired) electrons. The predicted molar refractivity (Wildman–Crippen MR) is 91.9 cm³/mol. The largest absolute Gasteiger partial charge is 0.504 e. The number of hydrogen-bond donors (Lipinski definition) is 3. The molecule has 0 bridgehead atoms. The lowest BCUT2D eigenvalue weighted by Crippen LogP contribution is -2.19. The summed E-state index contributed by atoms with van der Waals surface area (Å²) in [5.41, 5.74) is 1.45. The molecular weight excluding hydrogens is 324 g/mol. The van der Waals surface area contributed by atoms with Gasteiger partial charge in [0.05, 0.1) is 0 Å². The molecule has 0 aromatic rings. The third kappa shape index (κ3) is 2.93. The normalized spacial score (nSPS) is 16.4. The fourth-order valence-electron chi connectivity index (χ4n) is 3.33. The van der Waals surface area contributed by atoms with Crippen LogP contribution < -0.4 is 5.43 Å². The molecule has 2 atom stereocenters. The number of rotatable bonds is 4. The lowest BCUT2D eigenvalue weighted by molar-refractivity contribution is -0.117. The van der Waals surface area contributed by atoms with E-state index in [1.807, 2.05) is 13.8 Å². The van der Waals surface area contributed by atoms with E-state index in [1.165, 1.54) is 18.2 Å². The van der Waals surface area contributed by atoms with Crippen molar-refractivity contribution in [3.8, 4) is 17.1 Å². The first-order valence-electron chi connectivity index (χ1n) is 8.20. The van der Waals surface area contributed by atoms with Gasteiger partial charge in [-0.1, -0.05) is 13.8 Å². The molecule has 0 aromatic heterocycles. The summed E-state index contributed by atoms with van der Waals surface area (Å²) < 4.78 is 5.72. The fraction of sp³-hybridized carbons (Fsp3) is 0.368. The molecule has 0 fully saturated rings. The number of ketones is 1. The van der Waals surface area contributed by atoms with Crippen molar-refractivity contribution in [1.82, 2.24) is 0 Å². The molecule has 3 N–H and O–H groups in total. The van der Waals surface area contributed by atoms with E-state index in [-0.39, 0.29) is 42.1 Å². The standard InChI is InChI=1S/C19H20O6/c1-9(3-4-20)10(2)19-11-5-13(21)15(23)7-17(11)25-18-8-16(24)14(22)6-12(18)19/h5,7-10,20-21,24H,3-4,6H2,1-2H3. The lowest BCUT2D eigenvalue weighted by Gasteiger charge is -2.28. The van der Waals surface area contributed by atoms with Crippen molar-refractivity contribution in [2.75, 3.05) is 6.61 Å². The first kappa shape index (κ1) is 17.2. The second-order valence-corrected chi connectivity index (χ2v) is 6.58. The average Bonchev–Trinajstić information content (AvgIpc) is 2.55. The van der Waals surface area contributed by atoms with Crippen molar-refractivity contribution in [3.63, 3.8) is 0 Å². The Kier molecular flexibility index (Phi) is 4.39. The topological polar surface area (TPSA) is 108 Å². The van der Waals surface area contributed by atoms with Crippen LogP contribution in [0, 0.1) is 5.92 Å². The number of carbonyl (C=O) groups is 1. The van der Waals surface area contributed by atoms with Gasteiger partial charge in [0.1, 0.15) is 11.5 Å². The maximum absolute atomic E-state index is 12.0. The summed E-state index contributed by atoms with van der Waals surface area (Å²) in [5.74, 6) is -0.493. The molecule has 2 unspecified atom stereocenters. The van der Waals surface area contributed by atoms with Crippen LogP contribution in [0.15, 0.2) is 27.1 Å². The Bertz CT molecular complexity index is 892. The van der Waals surface area contributed by atoms with Gasteiger partial charge >= 0.3 is 0 Å². The van der Waals surface area contributed by atoms with Crippen molar-refractivity contribution in [3.05, 3.63) is 45.0 Å². The molecule has 1 heterocycles. The third-order valence-electron chi connectivity index (χ3n) is 4.98. The average molecular weight is 344 g/mol. The number of aliphatic hydroxyl groups excluding tert-OH is 2. The first-order chi connectivity index (χ1) is 11.8. The van der Waals surface area contributed by atoms with Crippen LogP contribution in [0.2, 0.25) is 0 Å². The van der Waals surface area contributed by atoms with Crippen molar-refractivity contribution < 1.29 is 24.5 Å². The molecule has 6 heteroatoms. The number of phenolic OH excluding ortho intramolecular Hbond substituents is 1. The minimum Gasteiger partial charge on any atom is -0.504 e. The molecule has 0 spiro atoms. The molecule has 25 heavy (non-hydrogen) atoms. The highest BCUT2D eigenvalue weighted by molar-refractivity contribution is 6.01. The van der Waals surface area contributed by atoms with Gasteiger partial charge in [0.2, 0.25) is 11.2 Å². The highest BCUT2D eigenvalue weighted by Gasteiger charge is 2.31. The van der Waals surface area contributed by atoms with Crippen LogP contribution in [0.5, 0.6) is 5.75 Å². The Morgan fingerprint density at radius 1 is 1.20 bits per heavy atom. The zero-order valence-electron chi connectivity index (χ0n) is 14.1. The predicted octanol–water partition coefficient (Wildman–Crippen LogP) is 2.60. The van der Waals surface area contributed by atoms with Gasteiger partial charge in [0.25, 0.3) is 0 Å². The number of Topliss-reactive ketones (excluding diaryl/α,β-unsaturated/α-hetero) is 1. The molecular formula is C19H20O6. The van der Waals surface area contributed by atoms with E-state index in [2.05, 4.69) is 0 Å².